The van der Waals surface area contributed by atoms with Crippen molar-refractivity contribution in [3.05, 3.63) is 53.8 Å². The zero-order chi connectivity index (χ0) is 22.4. The van der Waals surface area contributed by atoms with Crippen LogP contribution in [0.25, 0.3) is 26.8 Å². The minimum atomic E-state index is -0.393. The average molecular weight is 461 g/mol. The van der Waals surface area contributed by atoms with Gasteiger partial charge in [-0.3, -0.25) is 0 Å². The second kappa shape index (κ2) is 8.17. The highest BCUT2D eigenvalue weighted by Gasteiger charge is 2.29. The molecule has 9 heteroatoms. The van der Waals surface area contributed by atoms with Crippen molar-refractivity contribution in [2.75, 3.05) is 31.5 Å². The summed E-state index contributed by atoms with van der Waals surface area (Å²) in [5.41, 5.74) is 7.93. The first kappa shape index (κ1) is 20.2. The molecule has 33 heavy (non-hydrogen) atoms. The van der Waals surface area contributed by atoms with Crippen molar-refractivity contribution in [2.24, 2.45) is 0 Å². The smallest absolute Gasteiger partial charge is 0.320 e. The predicted octanol–water partition coefficient (Wildman–Crippen LogP) is 4.19. The summed E-state index contributed by atoms with van der Waals surface area (Å²) in [4.78, 5) is 28.6. The summed E-state index contributed by atoms with van der Waals surface area (Å²) < 4.78 is 1.15. The second-order valence-electron chi connectivity index (χ2n) is 8.56. The average Bonchev–Trinajstić information content (AvgIpc) is 3.58. The summed E-state index contributed by atoms with van der Waals surface area (Å²) in [5, 5.41) is 14.3. The maximum absolute atomic E-state index is 12.7. The van der Waals surface area contributed by atoms with Crippen molar-refractivity contribution in [3.63, 3.8) is 0 Å². The van der Waals surface area contributed by atoms with E-state index in [0.717, 1.165) is 44.7 Å². The van der Waals surface area contributed by atoms with Gasteiger partial charge in [0, 0.05) is 49.1 Å². The van der Waals surface area contributed by atoms with Crippen LogP contribution in [-0.4, -0.2) is 68.2 Å². The van der Waals surface area contributed by atoms with Crippen LogP contribution in [0.15, 0.2) is 48.1 Å². The van der Waals surface area contributed by atoms with Crippen LogP contribution >= 0.6 is 11.3 Å². The third kappa shape index (κ3) is 3.83. The molecular weight excluding hydrogens is 436 g/mol. The fourth-order valence-corrected chi connectivity index (χ4v) is 5.32. The third-order valence-corrected chi connectivity index (χ3v) is 7.19. The Morgan fingerprint density at radius 3 is 2.94 bits per heavy atom. The molecule has 1 saturated heterocycles. The predicted molar refractivity (Wildman–Crippen MR) is 131 cm³/mol. The lowest BCUT2D eigenvalue weighted by Crippen LogP contribution is -2.44. The molecule has 1 fully saturated rings. The van der Waals surface area contributed by atoms with Gasteiger partial charge < -0.3 is 25.2 Å². The Hall–Kier alpha value is -3.43. The number of likely N-dealkylation sites (tertiary alicyclic amines) is 1. The number of thiazole rings is 1. The Balaban J connectivity index is 1.22. The fourth-order valence-electron chi connectivity index (χ4n) is 4.60. The first-order valence-corrected chi connectivity index (χ1v) is 12.0. The minimum absolute atomic E-state index is 0.0181. The highest BCUT2D eigenvalue weighted by atomic mass is 32.1. The number of aliphatic hydroxyl groups excluding tert-OH is 1. The number of aliphatic hydroxyl groups is 1. The number of pyridine rings is 1. The van der Waals surface area contributed by atoms with Crippen LogP contribution in [0.1, 0.15) is 18.5 Å². The number of rotatable bonds is 3. The Morgan fingerprint density at radius 2 is 2.12 bits per heavy atom. The van der Waals surface area contributed by atoms with E-state index in [1.165, 1.54) is 5.57 Å². The van der Waals surface area contributed by atoms with E-state index in [1.54, 1.807) is 22.4 Å². The van der Waals surface area contributed by atoms with Gasteiger partial charge in [-0.2, -0.15) is 0 Å². The lowest BCUT2D eigenvalue weighted by atomic mass is 10.0. The van der Waals surface area contributed by atoms with E-state index >= 15 is 0 Å². The number of carbonyl (C=O) groups is 1. The number of fused-ring (bicyclic) bond motifs is 2. The highest BCUT2D eigenvalue weighted by Crippen LogP contribution is 2.31. The molecule has 0 aliphatic carbocycles. The maximum Gasteiger partial charge on any atom is 0.320 e. The number of nitrogens with zero attached hydrogens (tertiary/aromatic N) is 4. The molecule has 8 nitrogen and oxygen atoms in total. The molecule has 1 aromatic carbocycles. The van der Waals surface area contributed by atoms with Crippen LogP contribution in [0.2, 0.25) is 0 Å². The van der Waals surface area contributed by atoms with Gasteiger partial charge in [0.15, 0.2) is 0 Å². The number of β-amino-alcohol motifs (C(OH)–C–C–N with tert-alkyl or cyclic N) is 1. The van der Waals surface area contributed by atoms with Crippen molar-refractivity contribution in [3.8, 4) is 0 Å². The van der Waals surface area contributed by atoms with Gasteiger partial charge in [0.2, 0.25) is 0 Å². The van der Waals surface area contributed by atoms with Crippen molar-refractivity contribution >= 4 is 55.6 Å². The topological polar surface area (TPSA) is 97.4 Å². The first-order chi connectivity index (χ1) is 16.1. The van der Waals surface area contributed by atoms with E-state index in [9.17, 15) is 9.90 Å². The molecule has 0 radical (unpaired) electrons. The minimum Gasteiger partial charge on any atom is -0.391 e. The summed E-state index contributed by atoms with van der Waals surface area (Å²) in [5.74, 6) is 0. The van der Waals surface area contributed by atoms with E-state index in [4.69, 9.17) is 0 Å². The number of benzene rings is 1. The van der Waals surface area contributed by atoms with Crippen LogP contribution in [0.3, 0.4) is 0 Å². The Labute approximate surface area is 194 Å². The number of carbonyl (C=O) groups excluding carboxylic acids is 1. The van der Waals surface area contributed by atoms with Gasteiger partial charge in [0.25, 0.3) is 0 Å². The van der Waals surface area contributed by atoms with Gasteiger partial charge in [0.1, 0.15) is 5.65 Å². The zero-order valence-corrected chi connectivity index (χ0v) is 18.8. The largest absolute Gasteiger partial charge is 0.391 e. The molecule has 5 heterocycles. The number of aromatic amines is 1. The molecule has 0 bridgehead atoms. The number of nitrogens with one attached hydrogen (secondary N) is 2. The molecule has 2 aliphatic rings. The second-order valence-corrected chi connectivity index (χ2v) is 9.45. The summed E-state index contributed by atoms with van der Waals surface area (Å²) in [6.07, 6.45) is 4.96. The Bertz CT molecular complexity index is 1380. The molecule has 0 unspecified atom stereocenters. The number of urea groups is 1. The lowest BCUT2D eigenvalue weighted by Gasteiger charge is -2.30. The van der Waals surface area contributed by atoms with E-state index in [0.29, 0.717) is 32.6 Å². The molecular formula is C24H24N6O2S. The van der Waals surface area contributed by atoms with Gasteiger partial charge >= 0.3 is 6.03 Å². The van der Waals surface area contributed by atoms with Crippen LogP contribution < -0.4 is 5.32 Å². The van der Waals surface area contributed by atoms with Crippen molar-refractivity contribution in [1.29, 1.82) is 0 Å². The number of hydrogen-bond donors (Lipinski definition) is 3. The quantitative estimate of drug-likeness (QED) is 0.426. The van der Waals surface area contributed by atoms with Gasteiger partial charge in [-0.1, -0.05) is 6.08 Å². The zero-order valence-electron chi connectivity index (χ0n) is 18.0. The highest BCUT2D eigenvalue weighted by molar-refractivity contribution is 7.16. The molecule has 2 aliphatic heterocycles. The maximum atomic E-state index is 12.7. The summed E-state index contributed by atoms with van der Waals surface area (Å²) in [6.45, 7) is 2.31. The number of H-pyrrole nitrogens is 1. The van der Waals surface area contributed by atoms with Crippen molar-refractivity contribution < 1.29 is 9.90 Å². The van der Waals surface area contributed by atoms with Gasteiger partial charge in [-0.15, -0.1) is 11.3 Å². The molecule has 4 aromatic rings. The molecule has 3 N–H and O–H groups in total. The standard InChI is InChI=1S/C24H24N6O2S/c31-17-6-10-30(13-17)24(32)29-8-4-15(5-9-29)21-12-18-19(3-7-25-23(18)28-21)27-16-1-2-20-22(11-16)33-14-26-20/h1-4,7,11-12,14,17,31H,5-6,8-10,13H2,(H2,25,27,28)/t17-/m0/s1. The summed E-state index contributed by atoms with van der Waals surface area (Å²) in [7, 11) is 0. The summed E-state index contributed by atoms with van der Waals surface area (Å²) in [6, 6.07) is 10.3. The molecule has 168 valence electrons. The number of hydrogen-bond acceptors (Lipinski definition) is 6. The van der Waals surface area contributed by atoms with Crippen LogP contribution in [0.4, 0.5) is 16.2 Å². The molecule has 3 aromatic heterocycles. The SMILES string of the molecule is O=C(N1CC=C(c2cc3c(Nc4ccc5ncsc5c4)ccnc3[nH]2)CC1)N1CC[C@H](O)C1. The van der Waals surface area contributed by atoms with Crippen LogP contribution in [-0.2, 0) is 0 Å². The Morgan fingerprint density at radius 1 is 1.18 bits per heavy atom. The monoisotopic (exact) mass is 460 g/mol. The molecule has 6 rings (SSSR count). The van der Waals surface area contributed by atoms with Crippen molar-refractivity contribution in [2.45, 2.75) is 18.9 Å². The number of aromatic nitrogens is 3. The van der Waals surface area contributed by atoms with E-state index in [-0.39, 0.29) is 6.03 Å². The molecule has 1 atom stereocenters. The van der Waals surface area contributed by atoms with Gasteiger partial charge in [0.05, 0.1) is 27.5 Å². The van der Waals surface area contributed by atoms with Crippen molar-refractivity contribution in [1.82, 2.24) is 24.8 Å². The van der Waals surface area contributed by atoms with Crippen LogP contribution in [0, 0.1) is 0 Å². The third-order valence-electron chi connectivity index (χ3n) is 6.40. The van der Waals surface area contributed by atoms with E-state index in [2.05, 4.69) is 38.5 Å². The van der Waals surface area contributed by atoms with E-state index in [1.807, 2.05) is 28.6 Å². The van der Waals surface area contributed by atoms with Gasteiger partial charge in [-0.25, -0.2) is 14.8 Å². The molecule has 2 amide bonds. The normalized spacial score (nSPS) is 18.8. The van der Waals surface area contributed by atoms with Gasteiger partial charge in [-0.05, 0) is 48.7 Å². The van der Waals surface area contributed by atoms with Crippen LogP contribution in [0.5, 0.6) is 0 Å². The first-order valence-electron chi connectivity index (χ1n) is 11.1. The molecule has 0 saturated carbocycles. The number of amides is 2. The Kier molecular flexibility index (Phi) is 5.00. The van der Waals surface area contributed by atoms with E-state index < -0.39 is 6.10 Å². The summed E-state index contributed by atoms with van der Waals surface area (Å²) >= 11 is 1.63. The number of anilines is 2. The fraction of sp³-hybridized carbons (Fsp3) is 0.292. The molecule has 0 spiro atoms. The lowest BCUT2D eigenvalue weighted by molar-refractivity contribution is 0.149.